The number of rotatable bonds is 5. The van der Waals surface area contributed by atoms with E-state index in [1.807, 2.05) is 17.0 Å². The molecule has 2 amide bonds. The first-order valence-electron chi connectivity index (χ1n) is 12.1. The zero-order chi connectivity index (χ0) is 22.7. The molecule has 7 nitrogen and oxygen atoms in total. The smallest absolute Gasteiger partial charge is 0.407 e. The van der Waals surface area contributed by atoms with Crippen molar-refractivity contribution < 1.29 is 24.9 Å². The van der Waals surface area contributed by atoms with E-state index in [-0.39, 0.29) is 25.0 Å². The summed E-state index contributed by atoms with van der Waals surface area (Å²) < 4.78 is 0. The Morgan fingerprint density at radius 1 is 1.06 bits per heavy atom. The summed E-state index contributed by atoms with van der Waals surface area (Å²) in [5.74, 6) is 0.170. The fraction of sp³-hybridized carbons (Fsp3) is 0.680. The van der Waals surface area contributed by atoms with E-state index in [0.29, 0.717) is 25.3 Å². The molecule has 1 aromatic carbocycles. The van der Waals surface area contributed by atoms with Crippen LogP contribution in [-0.2, 0) is 11.2 Å². The van der Waals surface area contributed by atoms with Crippen LogP contribution in [0.15, 0.2) is 24.3 Å². The molecule has 0 aromatic heterocycles. The maximum atomic E-state index is 13.5. The lowest BCUT2D eigenvalue weighted by Crippen LogP contribution is -2.56. The largest absolute Gasteiger partial charge is 0.465 e. The fourth-order valence-corrected chi connectivity index (χ4v) is 6.00. The predicted molar refractivity (Wildman–Crippen MR) is 120 cm³/mol. The Balaban J connectivity index is 1.54. The molecule has 0 spiro atoms. The lowest BCUT2D eigenvalue weighted by atomic mass is 9.77. The first-order valence-corrected chi connectivity index (χ1v) is 12.1. The first-order chi connectivity index (χ1) is 15.4. The maximum absolute atomic E-state index is 13.5. The number of benzene rings is 1. The Bertz CT molecular complexity index is 824. The number of hydrogen-bond donors (Lipinski definition) is 3. The van der Waals surface area contributed by atoms with E-state index >= 15 is 0 Å². The highest BCUT2D eigenvalue weighted by molar-refractivity contribution is 5.82. The molecule has 2 saturated carbocycles. The van der Waals surface area contributed by atoms with Gasteiger partial charge in [-0.05, 0) is 49.1 Å². The van der Waals surface area contributed by atoms with E-state index in [9.17, 15) is 24.9 Å². The van der Waals surface area contributed by atoms with Gasteiger partial charge in [-0.2, -0.15) is 0 Å². The topological polar surface area (TPSA) is 101 Å². The Morgan fingerprint density at radius 2 is 1.78 bits per heavy atom. The number of fused-ring (bicyclic) bond motifs is 1. The number of aliphatic hydroxyl groups is 2. The molecule has 1 heterocycles. The van der Waals surface area contributed by atoms with Crippen LogP contribution in [-0.4, -0.2) is 68.5 Å². The standard InChI is InChI=1S/C25H36N2O5/c28-21-12-6-7-14-25(21,32)17-26(24(30)31)16-22(29)27-15-13-18-8-4-5-11-20(18)23(27)19-9-2-1-3-10-19/h4-5,8,11,19,21,23,28,32H,1-3,6-7,9-10,12-17H2,(H,30,31)/t21-,23?,25+/m0/s1. The minimum absolute atomic E-state index is 0.0215. The number of nitrogens with zero attached hydrogens (tertiary/aromatic N) is 2. The second-order valence-electron chi connectivity index (χ2n) is 9.88. The summed E-state index contributed by atoms with van der Waals surface area (Å²) in [6.07, 6.45) is 6.62. The van der Waals surface area contributed by atoms with Gasteiger partial charge in [0.15, 0.2) is 0 Å². The molecule has 3 aliphatic rings. The van der Waals surface area contributed by atoms with Crippen molar-refractivity contribution in [3.63, 3.8) is 0 Å². The maximum Gasteiger partial charge on any atom is 0.407 e. The molecule has 1 aromatic rings. The van der Waals surface area contributed by atoms with Crippen LogP contribution >= 0.6 is 0 Å². The van der Waals surface area contributed by atoms with Gasteiger partial charge in [-0.1, -0.05) is 56.4 Å². The summed E-state index contributed by atoms with van der Waals surface area (Å²) in [4.78, 5) is 28.3. The highest BCUT2D eigenvalue weighted by atomic mass is 16.4. The van der Waals surface area contributed by atoms with Crippen LogP contribution in [0.4, 0.5) is 4.79 Å². The van der Waals surface area contributed by atoms with E-state index < -0.39 is 17.8 Å². The first kappa shape index (κ1) is 23.1. The molecule has 3 N–H and O–H groups in total. The third-order valence-electron chi connectivity index (χ3n) is 7.77. The summed E-state index contributed by atoms with van der Waals surface area (Å²) in [5.41, 5.74) is 0.984. The van der Waals surface area contributed by atoms with Gasteiger partial charge in [0.2, 0.25) is 5.91 Å². The summed E-state index contributed by atoms with van der Waals surface area (Å²) in [6.45, 7) is 0.0425. The third-order valence-corrected chi connectivity index (χ3v) is 7.77. The van der Waals surface area contributed by atoms with Gasteiger partial charge in [-0.3, -0.25) is 9.69 Å². The minimum Gasteiger partial charge on any atom is -0.465 e. The van der Waals surface area contributed by atoms with Crippen LogP contribution in [0, 0.1) is 5.92 Å². The number of hydrogen-bond acceptors (Lipinski definition) is 4. The van der Waals surface area contributed by atoms with E-state index in [0.717, 1.165) is 49.8 Å². The van der Waals surface area contributed by atoms with Crippen LogP contribution in [0.5, 0.6) is 0 Å². The molecule has 2 fully saturated rings. The van der Waals surface area contributed by atoms with Crippen molar-refractivity contribution in [3.05, 3.63) is 35.4 Å². The molecule has 0 radical (unpaired) electrons. The highest BCUT2D eigenvalue weighted by Gasteiger charge is 2.42. The molecule has 176 valence electrons. The highest BCUT2D eigenvalue weighted by Crippen LogP contribution is 2.42. The van der Waals surface area contributed by atoms with Gasteiger partial charge in [0, 0.05) is 6.54 Å². The zero-order valence-electron chi connectivity index (χ0n) is 18.8. The van der Waals surface area contributed by atoms with Gasteiger partial charge >= 0.3 is 6.09 Å². The van der Waals surface area contributed by atoms with Gasteiger partial charge in [-0.25, -0.2) is 4.79 Å². The van der Waals surface area contributed by atoms with Crippen molar-refractivity contribution in [3.8, 4) is 0 Å². The quantitative estimate of drug-likeness (QED) is 0.647. The van der Waals surface area contributed by atoms with Gasteiger partial charge in [0.1, 0.15) is 12.1 Å². The van der Waals surface area contributed by atoms with Crippen molar-refractivity contribution in [2.24, 2.45) is 5.92 Å². The Morgan fingerprint density at radius 3 is 2.50 bits per heavy atom. The molecule has 1 unspecified atom stereocenters. The van der Waals surface area contributed by atoms with E-state index in [1.165, 1.54) is 17.5 Å². The Labute approximate surface area is 190 Å². The molecule has 1 aliphatic heterocycles. The lowest BCUT2D eigenvalue weighted by molar-refractivity contribution is -0.140. The SMILES string of the molecule is O=C(O)N(CC(=O)N1CCc2ccccc2C1C1CCCCC1)C[C@]1(O)CCCC[C@@H]1O. The predicted octanol–water partition coefficient (Wildman–Crippen LogP) is 3.34. The molecule has 2 aliphatic carbocycles. The van der Waals surface area contributed by atoms with Crippen molar-refractivity contribution in [1.82, 2.24) is 9.80 Å². The van der Waals surface area contributed by atoms with Crippen molar-refractivity contribution in [2.45, 2.75) is 82.0 Å². The van der Waals surface area contributed by atoms with Crippen molar-refractivity contribution in [1.29, 1.82) is 0 Å². The lowest BCUT2D eigenvalue weighted by Gasteiger charge is -2.44. The van der Waals surface area contributed by atoms with Gasteiger partial charge in [0.05, 0.1) is 18.7 Å². The van der Waals surface area contributed by atoms with Crippen molar-refractivity contribution >= 4 is 12.0 Å². The number of carbonyl (C=O) groups is 2. The zero-order valence-corrected chi connectivity index (χ0v) is 18.8. The summed E-state index contributed by atoms with van der Waals surface area (Å²) in [7, 11) is 0. The van der Waals surface area contributed by atoms with Gasteiger partial charge < -0.3 is 20.2 Å². The van der Waals surface area contributed by atoms with Crippen LogP contribution in [0.3, 0.4) is 0 Å². The molecule has 0 saturated heterocycles. The summed E-state index contributed by atoms with van der Waals surface area (Å²) >= 11 is 0. The Hall–Kier alpha value is -2.12. The average Bonchev–Trinajstić information content (AvgIpc) is 2.80. The number of carboxylic acid groups (broad SMARTS) is 1. The van der Waals surface area contributed by atoms with Crippen LogP contribution in [0.1, 0.15) is 75.0 Å². The molecule has 3 atom stereocenters. The number of carbonyl (C=O) groups excluding carboxylic acids is 1. The second kappa shape index (κ2) is 9.79. The third kappa shape index (κ3) is 4.79. The molecule has 32 heavy (non-hydrogen) atoms. The average molecular weight is 445 g/mol. The molecular formula is C25H36N2O5. The summed E-state index contributed by atoms with van der Waals surface area (Å²) in [6, 6.07) is 8.29. The minimum atomic E-state index is -1.49. The Kier molecular flexibility index (Phi) is 7.05. The van der Waals surface area contributed by atoms with E-state index in [2.05, 4.69) is 12.1 Å². The summed E-state index contributed by atoms with van der Waals surface area (Å²) in [5, 5.41) is 31.0. The molecular weight excluding hydrogens is 408 g/mol. The normalized spacial score (nSPS) is 28.8. The monoisotopic (exact) mass is 444 g/mol. The van der Waals surface area contributed by atoms with Crippen LogP contribution < -0.4 is 0 Å². The van der Waals surface area contributed by atoms with Gasteiger partial charge in [-0.15, -0.1) is 0 Å². The van der Waals surface area contributed by atoms with Crippen LogP contribution in [0.25, 0.3) is 0 Å². The molecule has 4 rings (SSSR count). The van der Waals surface area contributed by atoms with E-state index in [4.69, 9.17) is 0 Å². The van der Waals surface area contributed by atoms with Crippen molar-refractivity contribution in [2.75, 3.05) is 19.6 Å². The molecule has 0 bridgehead atoms. The van der Waals surface area contributed by atoms with E-state index in [1.54, 1.807) is 0 Å². The number of aliphatic hydroxyl groups excluding tert-OH is 1. The number of amides is 2. The van der Waals surface area contributed by atoms with Crippen LogP contribution in [0.2, 0.25) is 0 Å². The van der Waals surface area contributed by atoms with Gasteiger partial charge in [0.25, 0.3) is 0 Å². The molecule has 7 heteroatoms. The fourth-order valence-electron chi connectivity index (χ4n) is 6.00. The second-order valence-corrected chi connectivity index (χ2v) is 9.88.